The molecule has 238 valence electrons. The number of anilines is 2. The molecule has 0 aliphatic carbocycles. The largest absolute Gasteiger partial charge is 0.365 e. The molecule has 0 unspecified atom stereocenters. The van der Waals surface area contributed by atoms with Gasteiger partial charge in [-0.25, -0.2) is 18.2 Å². The second kappa shape index (κ2) is 12.4. The van der Waals surface area contributed by atoms with E-state index in [0.29, 0.717) is 43.7 Å². The van der Waals surface area contributed by atoms with Crippen LogP contribution in [0.5, 0.6) is 0 Å². The second-order valence-corrected chi connectivity index (χ2v) is 13.4. The van der Waals surface area contributed by atoms with Crippen LogP contribution in [0.4, 0.5) is 24.5 Å². The van der Waals surface area contributed by atoms with Crippen LogP contribution in [-0.2, 0) is 24.8 Å². The van der Waals surface area contributed by atoms with Crippen molar-refractivity contribution in [2.75, 3.05) is 23.3 Å². The number of carbonyl (C=O) groups excluding carboxylic acids is 2. The lowest BCUT2D eigenvalue weighted by Crippen LogP contribution is -2.34. The summed E-state index contributed by atoms with van der Waals surface area (Å²) in [6.07, 6.45) is -0.128. The van der Waals surface area contributed by atoms with Gasteiger partial charge in [0.15, 0.2) is 0 Å². The first kappa shape index (κ1) is 32.9. The molecule has 0 radical (unpaired) electrons. The zero-order valence-electron chi connectivity index (χ0n) is 25.0. The number of hydrogen-bond donors (Lipinski definition) is 2. The number of carbonyl (C=O) groups is 2. The van der Waals surface area contributed by atoms with Gasteiger partial charge in [-0.1, -0.05) is 61.6 Å². The van der Waals surface area contributed by atoms with Crippen LogP contribution < -0.4 is 15.5 Å². The lowest BCUT2D eigenvalue weighted by atomic mass is 9.95. The number of hydrogen-bond acceptors (Lipinski definition) is 4. The van der Waals surface area contributed by atoms with Gasteiger partial charge in [-0.3, -0.25) is 9.59 Å². The Hall–Kier alpha value is -3.47. The Morgan fingerprint density at radius 2 is 1.78 bits per heavy atom. The summed E-state index contributed by atoms with van der Waals surface area (Å²) in [5, 5.41) is 6.21. The maximum absolute atomic E-state index is 14.3. The van der Waals surface area contributed by atoms with E-state index in [1.54, 1.807) is 35.9 Å². The van der Waals surface area contributed by atoms with E-state index in [1.807, 2.05) is 20.8 Å². The summed E-state index contributed by atoms with van der Waals surface area (Å²) in [6, 6.07) is 10.4. The minimum absolute atomic E-state index is 0.0512. The number of benzene rings is 3. The van der Waals surface area contributed by atoms with Crippen LogP contribution in [0.1, 0.15) is 54.5 Å². The maximum Gasteiger partial charge on any atom is 0.266 e. The summed E-state index contributed by atoms with van der Waals surface area (Å²) in [5.41, 5.74) is 2.46. The summed E-state index contributed by atoms with van der Waals surface area (Å²) in [6.45, 7) is 5.17. The van der Waals surface area contributed by atoms with E-state index in [-0.39, 0.29) is 48.1 Å². The number of aryl methyl sites for hydroxylation is 1. The number of alkyl halides is 2. The van der Waals surface area contributed by atoms with Crippen LogP contribution in [0.2, 0.25) is 15.1 Å². The average molecular weight is 681 g/mol. The number of halogens is 6. The molecule has 1 aliphatic heterocycles. The fourth-order valence-corrected chi connectivity index (χ4v) is 5.89. The van der Waals surface area contributed by atoms with Gasteiger partial charge >= 0.3 is 0 Å². The van der Waals surface area contributed by atoms with Gasteiger partial charge in [-0.15, -0.1) is 0 Å². The van der Waals surface area contributed by atoms with E-state index in [0.717, 1.165) is 6.07 Å². The Kier molecular flexibility index (Phi) is 9.05. The predicted octanol–water partition coefficient (Wildman–Crippen LogP) is 8.02. The summed E-state index contributed by atoms with van der Waals surface area (Å²) in [5.74, 6) is -3.70. The second-order valence-electron chi connectivity index (χ2n) is 12.2. The van der Waals surface area contributed by atoms with Crippen LogP contribution >= 0.6 is 34.8 Å². The Balaban J connectivity index is 1.51. The fourth-order valence-electron chi connectivity index (χ4n) is 5.14. The molecule has 2 heterocycles. The van der Waals surface area contributed by atoms with E-state index < -0.39 is 29.6 Å². The molecule has 5 rings (SSSR count). The Labute approximate surface area is 273 Å². The normalized spacial score (nSPS) is 14.7. The SMILES string of the molecule is Cn1c(Cc2c(Cl)ccc(CNC(=O)C(C)(C)C)c2Cl)nc2cc(C(=O)Nc3ccc(F)c(Cl)c3)c(N3CCC(F)(F)C3)cc21. The number of rotatable bonds is 7. The summed E-state index contributed by atoms with van der Waals surface area (Å²) < 4.78 is 44.1. The van der Waals surface area contributed by atoms with Gasteiger partial charge in [0.2, 0.25) is 5.91 Å². The van der Waals surface area contributed by atoms with Crippen molar-refractivity contribution in [2.24, 2.45) is 12.5 Å². The van der Waals surface area contributed by atoms with Gasteiger partial charge in [0.1, 0.15) is 11.6 Å². The maximum atomic E-state index is 14.3. The monoisotopic (exact) mass is 679 g/mol. The standard InChI is InChI=1S/C32H31Cl3F3N5O2/c1-31(2,3)30(45)39-15-17-5-7-21(33)19(28(17)35)13-27-41-24-12-20(29(44)40-18-6-8-23(36)22(34)11-18)25(14-26(24)42(27)4)43-10-9-32(37,38)16-43/h5-8,11-12,14H,9-10,13,15-16H2,1-4H3,(H,39,45)(H,40,44). The van der Waals surface area contributed by atoms with Crippen LogP contribution in [0, 0.1) is 11.2 Å². The van der Waals surface area contributed by atoms with Gasteiger partial charge in [-0.2, -0.15) is 0 Å². The highest BCUT2D eigenvalue weighted by Crippen LogP contribution is 2.37. The van der Waals surface area contributed by atoms with Crippen LogP contribution in [0.15, 0.2) is 42.5 Å². The van der Waals surface area contributed by atoms with E-state index in [4.69, 9.17) is 39.8 Å². The lowest BCUT2D eigenvalue weighted by molar-refractivity contribution is -0.128. The molecular formula is C32H31Cl3F3N5O2. The molecule has 0 spiro atoms. The highest BCUT2D eigenvalue weighted by molar-refractivity contribution is 6.36. The zero-order chi connectivity index (χ0) is 32.8. The summed E-state index contributed by atoms with van der Waals surface area (Å²) >= 11 is 19.2. The quantitative estimate of drug-likeness (QED) is 0.207. The molecule has 0 saturated carbocycles. The third-order valence-electron chi connectivity index (χ3n) is 7.74. The highest BCUT2D eigenvalue weighted by atomic mass is 35.5. The molecule has 1 aliphatic rings. The first-order chi connectivity index (χ1) is 21.0. The highest BCUT2D eigenvalue weighted by Gasteiger charge is 2.39. The molecule has 1 fully saturated rings. The van der Waals surface area contributed by atoms with E-state index in [1.165, 1.54) is 17.0 Å². The molecule has 4 aromatic rings. The van der Waals surface area contributed by atoms with Crippen molar-refractivity contribution in [1.82, 2.24) is 14.9 Å². The Morgan fingerprint density at radius 1 is 1.04 bits per heavy atom. The number of fused-ring (bicyclic) bond motifs is 1. The van der Waals surface area contributed by atoms with Gasteiger partial charge in [-0.05, 0) is 47.5 Å². The van der Waals surface area contributed by atoms with Crippen molar-refractivity contribution in [3.63, 3.8) is 0 Å². The molecule has 13 heteroatoms. The van der Waals surface area contributed by atoms with E-state index in [2.05, 4.69) is 10.6 Å². The average Bonchev–Trinajstić information content (AvgIpc) is 3.48. The molecule has 2 amide bonds. The number of nitrogens with zero attached hydrogens (tertiary/aromatic N) is 3. The first-order valence-corrected chi connectivity index (χ1v) is 15.3. The molecule has 3 aromatic carbocycles. The molecule has 0 atom stereocenters. The van der Waals surface area contributed by atoms with Crippen molar-refractivity contribution in [3.8, 4) is 0 Å². The summed E-state index contributed by atoms with van der Waals surface area (Å²) in [7, 11) is 1.78. The molecule has 2 N–H and O–H groups in total. The van der Waals surface area contributed by atoms with Crippen molar-refractivity contribution in [1.29, 1.82) is 0 Å². The number of nitrogens with one attached hydrogen (secondary N) is 2. The number of amides is 2. The molecule has 1 aromatic heterocycles. The Bertz CT molecular complexity index is 1820. The van der Waals surface area contributed by atoms with Crippen LogP contribution in [0.25, 0.3) is 11.0 Å². The minimum Gasteiger partial charge on any atom is -0.365 e. The van der Waals surface area contributed by atoms with Gasteiger partial charge in [0.05, 0.1) is 38.9 Å². The predicted molar refractivity (Wildman–Crippen MR) is 172 cm³/mol. The van der Waals surface area contributed by atoms with Gasteiger partial charge in [0, 0.05) is 49.1 Å². The van der Waals surface area contributed by atoms with Gasteiger partial charge < -0.3 is 20.1 Å². The molecule has 0 bridgehead atoms. The third-order valence-corrected chi connectivity index (χ3v) is 8.86. The topological polar surface area (TPSA) is 79.3 Å². The van der Waals surface area contributed by atoms with Gasteiger partial charge in [0.25, 0.3) is 11.8 Å². The number of imidazole rings is 1. The number of aromatic nitrogens is 2. The summed E-state index contributed by atoms with van der Waals surface area (Å²) in [4.78, 5) is 32.2. The van der Waals surface area contributed by atoms with E-state index in [9.17, 15) is 22.8 Å². The van der Waals surface area contributed by atoms with Crippen LogP contribution in [-0.4, -0.2) is 40.4 Å². The smallest absolute Gasteiger partial charge is 0.266 e. The molecular weight excluding hydrogens is 650 g/mol. The molecule has 7 nitrogen and oxygen atoms in total. The lowest BCUT2D eigenvalue weighted by Gasteiger charge is -2.22. The third kappa shape index (κ3) is 7.03. The first-order valence-electron chi connectivity index (χ1n) is 14.2. The Morgan fingerprint density at radius 3 is 2.42 bits per heavy atom. The van der Waals surface area contributed by atoms with Crippen molar-refractivity contribution < 1.29 is 22.8 Å². The van der Waals surface area contributed by atoms with Crippen molar-refractivity contribution in [2.45, 2.75) is 46.1 Å². The van der Waals surface area contributed by atoms with Crippen molar-refractivity contribution in [3.05, 3.63) is 85.9 Å². The fraction of sp³-hybridized carbons (Fsp3) is 0.344. The van der Waals surface area contributed by atoms with Crippen LogP contribution in [0.3, 0.4) is 0 Å². The zero-order valence-corrected chi connectivity index (χ0v) is 27.3. The minimum atomic E-state index is -2.91. The molecule has 1 saturated heterocycles. The van der Waals surface area contributed by atoms with E-state index >= 15 is 0 Å². The molecule has 45 heavy (non-hydrogen) atoms. The van der Waals surface area contributed by atoms with Crippen molar-refractivity contribution >= 4 is 69.0 Å².